The van der Waals surface area contributed by atoms with Crippen LogP contribution in [0.3, 0.4) is 0 Å². The van der Waals surface area contributed by atoms with Crippen LogP contribution < -0.4 is 10.5 Å². The van der Waals surface area contributed by atoms with E-state index in [1.54, 1.807) is 0 Å². The zero-order valence-electron chi connectivity index (χ0n) is 9.46. The highest BCUT2D eigenvalue weighted by atomic mass is 19.1. The van der Waals surface area contributed by atoms with E-state index in [4.69, 9.17) is 15.7 Å². The lowest BCUT2D eigenvalue weighted by atomic mass is 10.0. The summed E-state index contributed by atoms with van der Waals surface area (Å²) in [4.78, 5) is 0. The summed E-state index contributed by atoms with van der Waals surface area (Å²) in [5, 5.41) is 8.80. The van der Waals surface area contributed by atoms with Crippen molar-refractivity contribution in [3.8, 4) is 11.8 Å². The Balaban J connectivity index is 2.79. The standard InChI is InChI=1S/C12H15FN2O/c1-3-12(2,15)8-16-11-5-4-10(13)6-9(11)7-14/h4-6H,3,8,15H2,1-2H3. The van der Waals surface area contributed by atoms with E-state index in [1.807, 2.05) is 19.9 Å². The zero-order valence-corrected chi connectivity index (χ0v) is 9.46. The van der Waals surface area contributed by atoms with E-state index in [2.05, 4.69) is 0 Å². The van der Waals surface area contributed by atoms with Crippen molar-refractivity contribution in [2.24, 2.45) is 5.73 Å². The summed E-state index contributed by atoms with van der Waals surface area (Å²) in [6, 6.07) is 5.74. The maximum absolute atomic E-state index is 12.8. The van der Waals surface area contributed by atoms with E-state index in [0.717, 1.165) is 12.5 Å². The van der Waals surface area contributed by atoms with Crippen LogP contribution in [0.1, 0.15) is 25.8 Å². The fourth-order valence-corrected chi connectivity index (χ4v) is 1.06. The predicted molar refractivity (Wildman–Crippen MR) is 59.5 cm³/mol. The van der Waals surface area contributed by atoms with Gasteiger partial charge in [0, 0.05) is 5.54 Å². The largest absolute Gasteiger partial charge is 0.490 e. The van der Waals surface area contributed by atoms with Crippen molar-refractivity contribution >= 4 is 0 Å². The molecule has 0 saturated carbocycles. The number of benzene rings is 1. The van der Waals surface area contributed by atoms with Crippen LogP contribution in [0.5, 0.6) is 5.75 Å². The number of halogens is 1. The molecule has 16 heavy (non-hydrogen) atoms. The second kappa shape index (κ2) is 4.95. The summed E-state index contributed by atoms with van der Waals surface area (Å²) in [5.41, 5.74) is 5.65. The van der Waals surface area contributed by atoms with Gasteiger partial charge in [0.15, 0.2) is 0 Å². The SMILES string of the molecule is CCC(C)(N)COc1ccc(F)cc1C#N. The minimum absolute atomic E-state index is 0.187. The van der Waals surface area contributed by atoms with Crippen LogP contribution >= 0.6 is 0 Å². The summed E-state index contributed by atoms with van der Waals surface area (Å²) < 4.78 is 18.3. The average molecular weight is 222 g/mol. The Kier molecular flexibility index (Phi) is 3.86. The molecule has 4 heteroatoms. The van der Waals surface area contributed by atoms with Crippen molar-refractivity contribution in [2.75, 3.05) is 6.61 Å². The molecule has 0 heterocycles. The van der Waals surface area contributed by atoms with Crippen LogP contribution in [-0.2, 0) is 0 Å². The first-order chi connectivity index (χ1) is 7.48. The van der Waals surface area contributed by atoms with Crippen molar-refractivity contribution in [1.82, 2.24) is 0 Å². The maximum atomic E-state index is 12.8. The number of nitriles is 1. The number of nitrogens with two attached hydrogens (primary N) is 1. The minimum Gasteiger partial charge on any atom is -0.490 e. The quantitative estimate of drug-likeness (QED) is 0.849. The Morgan fingerprint density at radius 1 is 1.56 bits per heavy atom. The maximum Gasteiger partial charge on any atom is 0.137 e. The lowest BCUT2D eigenvalue weighted by molar-refractivity contribution is 0.225. The van der Waals surface area contributed by atoms with Crippen molar-refractivity contribution in [3.05, 3.63) is 29.6 Å². The van der Waals surface area contributed by atoms with Crippen LogP contribution in [0, 0.1) is 17.1 Å². The summed E-state index contributed by atoms with van der Waals surface area (Å²) in [6.45, 7) is 4.12. The fourth-order valence-electron chi connectivity index (χ4n) is 1.06. The van der Waals surface area contributed by atoms with E-state index >= 15 is 0 Å². The Labute approximate surface area is 94.6 Å². The van der Waals surface area contributed by atoms with Crippen LogP contribution in [0.2, 0.25) is 0 Å². The third kappa shape index (κ3) is 3.21. The van der Waals surface area contributed by atoms with Gasteiger partial charge in [0.25, 0.3) is 0 Å². The van der Waals surface area contributed by atoms with Gasteiger partial charge >= 0.3 is 0 Å². The molecule has 1 rings (SSSR count). The first-order valence-corrected chi connectivity index (χ1v) is 5.10. The van der Waals surface area contributed by atoms with Gasteiger partial charge in [-0.05, 0) is 31.5 Å². The van der Waals surface area contributed by atoms with E-state index in [0.29, 0.717) is 12.4 Å². The molecule has 0 fully saturated rings. The van der Waals surface area contributed by atoms with Gasteiger partial charge in [0.2, 0.25) is 0 Å². The van der Waals surface area contributed by atoms with Gasteiger partial charge in [-0.3, -0.25) is 0 Å². The molecular formula is C12H15FN2O. The van der Waals surface area contributed by atoms with Gasteiger partial charge in [-0.25, -0.2) is 4.39 Å². The first-order valence-electron chi connectivity index (χ1n) is 5.10. The molecule has 1 aromatic carbocycles. The van der Waals surface area contributed by atoms with Gasteiger partial charge in [-0.2, -0.15) is 5.26 Å². The van der Waals surface area contributed by atoms with Gasteiger partial charge in [-0.1, -0.05) is 6.92 Å². The summed E-state index contributed by atoms with van der Waals surface area (Å²) in [5.74, 6) is -0.0797. The molecule has 0 aliphatic heterocycles. The molecule has 0 aliphatic rings. The van der Waals surface area contributed by atoms with Crippen molar-refractivity contribution in [1.29, 1.82) is 5.26 Å². The molecule has 1 atom stereocenters. The number of hydrogen-bond donors (Lipinski definition) is 1. The molecule has 0 bridgehead atoms. The van der Waals surface area contributed by atoms with Gasteiger partial charge in [-0.15, -0.1) is 0 Å². The lowest BCUT2D eigenvalue weighted by Crippen LogP contribution is -2.41. The summed E-state index contributed by atoms with van der Waals surface area (Å²) in [7, 11) is 0. The molecule has 0 radical (unpaired) electrons. The van der Waals surface area contributed by atoms with Gasteiger partial charge in [0.1, 0.15) is 24.2 Å². The molecule has 1 unspecified atom stereocenters. The first kappa shape index (κ1) is 12.5. The summed E-state index contributed by atoms with van der Waals surface area (Å²) in [6.07, 6.45) is 0.760. The molecular weight excluding hydrogens is 207 g/mol. The lowest BCUT2D eigenvalue weighted by Gasteiger charge is -2.23. The molecule has 3 nitrogen and oxygen atoms in total. The fraction of sp³-hybridized carbons (Fsp3) is 0.417. The molecule has 0 aliphatic carbocycles. The Morgan fingerprint density at radius 3 is 2.81 bits per heavy atom. The van der Waals surface area contributed by atoms with E-state index in [-0.39, 0.29) is 5.56 Å². The van der Waals surface area contributed by atoms with Gasteiger partial charge < -0.3 is 10.5 Å². The molecule has 2 N–H and O–H groups in total. The molecule has 1 aromatic rings. The van der Waals surface area contributed by atoms with Crippen molar-refractivity contribution in [2.45, 2.75) is 25.8 Å². The smallest absolute Gasteiger partial charge is 0.137 e. The highest BCUT2D eigenvalue weighted by Gasteiger charge is 2.17. The normalized spacial score (nSPS) is 13.9. The average Bonchev–Trinajstić information content (AvgIpc) is 2.27. The number of hydrogen-bond acceptors (Lipinski definition) is 3. The molecule has 0 amide bonds. The van der Waals surface area contributed by atoms with Crippen LogP contribution in [0.15, 0.2) is 18.2 Å². The minimum atomic E-state index is -0.449. The number of rotatable bonds is 4. The van der Waals surface area contributed by atoms with Crippen LogP contribution in [-0.4, -0.2) is 12.1 Å². The van der Waals surface area contributed by atoms with Crippen molar-refractivity contribution < 1.29 is 9.13 Å². The Morgan fingerprint density at radius 2 is 2.25 bits per heavy atom. The monoisotopic (exact) mass is 222 g/mol. The molecule has 0 saturated heterocycles. The van der Waals surface area contributed by atoms with E-state index < -0.39 is 11.4 Å². The van der Waals surface area contributed by atoms with Crippen molar-refractivity contribution in [3.63, 3.8) is 0 Å². The number of ether oxygens (including phenoxy) is 1. The highest BCUT2D eigenvalue weighted by molar-refractivity contribution is 5.43. The number of nitrogens with zero attached hydrogens (tertiary/aromatic N) is 1. The summed E-state index contributed by atoms with van der Waals surface area (Å²) >= 11 is 0. The third-order valence-corrected chi connectivity index (χ3v) is 2.43. The zero-order chi connectivity index (χ0) is 12.2. The Bertz CT molecular complexity index is 410. The van der Waals surface area contributed by atoms with Crippen LogP contribution in [0.4, 0.5) is 4.39 Å². The van der Waals surface area contributed by atoms with Gasteiger partial charge in [0.05, 0.1) is 5.56 Å². The Hall–Kier alpha value is -1.60. The topological polar surface area (TPSA) is 59.0 Å². The van der Waals surface area contributed by atoms with Crippen LogP contribution in [0.25, 0.3) is 0 Å². The molecule has 0 aromatic heterocycles. The second-order valence-corrected chi connectivity index (χ2v) is 4.05. The molecule has 0 spiro atoms. The predicted octanol–water partition coefficient (Wildman–Crippen LogP) is 2.20. The van der Waals surface area contributed by atoms with E-state index in [9.17, 15) is 4.39 Å². The molecule has 86 valence electrons. The van der Waals surface area contributed by atoms with E-state index in [1.165, 1.54) is 12.1 Å². The second-order valence-electron chi connectivity index (χ2n) is 4.05. The third-order valence-electron chi connectivity index (χ3n) is 2.43. The highest BCUT2D eigenvalue weighted by Crippen LogP contribution is 2.20.